The highest BCUT2D eigenvalue weighted by Crippen LogP contribution is 2.12. The number of Topliss-reactive ketones (excluding diaryl/α,β-unsaturated/α-hetero) is 1. The summed E-state index contributed by atoms with van der Waals surface area (Å²) < 4.78 is 26.0. The highest BCUT2D eigenvalue weighted by Gasteiger charge is 2.07. The van der Waals surface area contributed by atoms with Gasteiger partial charge in [0.15, 0.2) is 0 Å². The van der Waals surface area contributed by atoms with Gasteiger partial charge in [0, 0.05) is 24.6 Å². The first-order valence-electron chi connectivity index (χ1n) is 6.34. The Balaban J connectivity index is 1.90. The van der Waals surface area contributed by atoms with Crippen molar-refractivity contribution in [3.05, 3.63) is 65.2 Å². The molecule has 20 heavy (non-hydrogen) atoms. The number of hydrogen-bond acceptors (Lipinski definition) is 2. The monoisotopic (exact) mass is 275 g/mol. The first-order chi connectivity index (χ1) is 9.52. The minimum atomic E-state index is -0.661. The van der Waals surface area contributed by atoms with Gasteiger partial charge in [-0.25, -0.2) is 8.78 Å². The van der Waals surface area contributed by atoms with Crippen molar-refractivity contribution in [1.29, 1.82) is 0 Å². The van der Waals surface area contributed by atoms with Crippen molar-refractivity contribution >= 4 is 11.5 Å². The molecule has 0 saturated carbocycles. The summed E-state index contributed by atoms with van der Waals surface area (Å²) in [6.07, 6.45) is 0.975. The lowest BCUT2D eigenvalue weighted by Crippen LogP contribution is -2.05. The maximum Gasteiger partial charge on any atom is 0.137 e. The Kier molecular flexibility index (Phi) is 4.45. The summed E-state index contributed by atoms with van der Waals surface area (Å²) in [7, 11) is 0. The lowest BCUT2D eigenvalue weighted by molar-refractivity contribution is -0.118. The van der Waals surface area contributed by atoms with Crippen molar-refractivity contribution < 1.29 is 13.6 Å². The molecule has 4 heteroatoms. The van der Waals surface area contributed by atoms with Gasteiger partial charge in [-0.3, -0.25) is 4.79 Å². The Labute approximate surface area is 116 Å². The predicted molar refractivity (Wildman–Crippen MR) is 74.2 cm³/mol. The van der Waals surface area contributed by atoms with Crippen LogP contribution in [0.5, 0.6) is 0 Å². The van der Waals surface area contributed by atoms with Gasteiger partial charge in [0.25, 0.3) is 0 Å². The number of nitrogens with two attached hydrogens (primary N) is 1. The molecular formula is C16H15F2NO. The van der Waals surface area contributed by atoms with Gasteiger partial charge in [-0.2, -0.15) is 0 Å². The Morgan fingerprint density at radius 1 is 0.950 bits per heavy atom. The maximum absolute atomic E-state index is 13.0. The summed E-state index contributed by atoms with van der Waals surface area (Å²) >= 11 is 0. The summed E-state index contributed by atoms with van der Waals surface area (Å²) in [6.45, 7) is 0. The Bertz CT molecular complexity index is 588. The number of hydrogen-bond donors (Lipinski definition) is 1. The molecule has 0 heterocycles. The number of benzene rings is 2. The maximum atomic E-state index is 13.0. The second-order valence-corrected chi connectivity index (χ2v) is 4.73. The van der Waals surface area contributed by atoms with Crippen LogP contribution >= 0.6 is 0 Å². The minimum Gasteiger partial charge on any atom is -0.399 e. The van der Waals surface area contributed by atoms with Crippen LogP contribution in [0.1, 0.15) is 17.5 Å². The molecule has 0 bridgehead atoms. The van der Waals surface area contributed by atoms with Crippen molar-refractivity contribution in [1.82, 2.24) is 0 Å². The van der Waals surface area contributed by atoms with E-state index in [0.29, 0.717) is 24.1 Å². The molecule has 2 aromatic rings. The average Bonchev–Trinajstić information content (AvgIpc) is 2.37. The van der Waals surface area contributed by atoms with Gasteiger partial charge in [-0.1, -0.05) is 12.1 Å². The van der Waals surface area contributed by atoms with Crippen molar-refractivity contribution in [2.75, 3.05) is 5.73 Å². The van der Waals surface area contributed by atoms with Crippen LogP contribution in [0.15, 0.2) is 42.5 Å². The molecule has 2 rings (SSSR count). The number of carbonyl (C=O) groups is 1. The fraction of sp³-hybridized carbons (Fsp3) is 0.188. The first-order valence-corrected chi connectivity index (χ1v) is 6.34. The fourth-order valence-electron chi connectivity index (χ4n) is 2.00. The summed E-state index contributed by atoms with van der Waals surface area (Å²) in [6, 6.07) is 10.5. The quantitative estimate of drug-likeness (QED) is 0.851. The molecule has 0 radical (unpaired) electrons. The molecular weight excluding hydrogens is 260 g/mol. The predicted octanol–water partition coefficient (Wildman–Crippen LogP) is 3.29. The highest BCUT2D eigenvalue weighted by molar-refractivity contribution is 5.81. The molecule has 2 N–H and O–H groups in total. The van der Waals surface area contributed by atoms with E-state index in [0.717, 1.165) is 11.6 Å². The third-order valence-electron chi connectivity index (χ3n) is 3.00. The minimum absolute atomic E-state index is 0.0453. The lowest BCUT2D eigenvalue weighted by atomic mass is 10.0. The molecule has 0 aliphatic rings. The Hall–Kier alpha value is -2.23. The van der Waals surface area contributed by atoms with Crippen molar-refractivity contribution in [3.63, 3.8) is 0 Å². The second kappa shape index (κ2) is 6.28. The van der Waals surface area contributed by atoms with E-state index in [2.05, 4.69) is 0 Å². The van der Waals surface area contributed by atoms with Crippen LogP contribution in [0.2, 0.25) is 0 Å². The first kappa shape index (κ1) is 14.2. The van der Waals surface area contributed by atoms with Crippen LogP contribution in [0.4, 0.5) is 14.5 Å². The summed E-state index contributed by atoms with van der Waals surface area (Å²) in [4.78, 5) is 11.8. The number of halogens is 2. The molecule has 104 valence electrons. The van der Waals surface area contributed by atoms with Gasteiger partial charge in [-0.05, 0) is 41.8 Å². The van der Waals surface area contributed by atoms with Crippen molar-refractivity contribution in [2.24, 2.45) is 0 Å². The molecule has 0 fully saturated rings. The van der Waals surface area contributed by atoms with Gasteiger partial charge in [-0.15, -0.1) is 0 Å². The van der Waals surface area contributed by atoms with E-state index < -0.39 is 11.6 Å². The summed E-state index contributed by atoms with van der Waals surface area (Å²) in [5.74, 6) is -1.37. The van der Waals surface area contributed by atoms with E-state index in [1.165, 1.54) is 12.1 Å². The molecule has 2 aromatic carbocycles. The van der Waals surface area contributed by atoms with E-state index in [1.54, 1.807) is 12.1 Å². The molecule has 0 aliphatic carbocycles. The number of rotatable bonds is 5. The van der Waals surface area contributed by atoms with Crippen LogP contribution < -0.4 is 5.73 Å². The van der Waals surface area contributed by atoms with E-state index >= 15 is 0 Å². The van der Waals surface area contributed by atoms with Crippen LogP contribution in [0, 0.1) is 11.6 Å². The molecule has 0 amide bonds. The van der Waals surface area contributed by atoms with E-state index in [4.69, 9.17) is 5.73 Å². The molecule has 0 aromatic heterocycles. The van der Waals surface area contributed by atoms with Crippen LogP contribution in [-0.4, -0.2) is 5.78 Å². The summed E-state index contributed by atoms with van der Waals surface area (Å²) in [5, 5.41) is 0. The second-order valence-electron chi connectivity index (χ2n) is 4.73. The Morgan fingerprint density at radius 2 is 1.55 bits per heavy atom. The summed E-state index contributed by atoms with van der Waals surface area (Å²) in [5.41, 5.74) is 7.63. The van der Waals surface area contributed by atoms with Crippen LogP contribution in [0.3, 0.4) is 0 Å². The zero-order chi connectivity index (χ0) is 14.5. The number of ketones is 1. The average molecular weight is 275 g/mol. The van der Waals surface area contributed by atoms with E-state index in [-0.39, 0.29) is 12.2 Å². The number of carbonyl (C=O) groups excluding carboxylic acids is 1. The smallest absolute Gasteiger partial charge is 0.137 e. The normalized spacial score (nSPS) is 10.5. The van der Waals surface area contributed by atoms with Crippen molar-refractivity contribution in [3.8, 4) is 0 Å². The van der Waals surface area contributed by atoms with Gasteiger partial charge >= 0.3 is 0 Å². The molecule has 2 nitrogen and oxygen atoms in total. The van der Waals surface area contributed by atoms with Crippen LogP contribution in [0.25, 0.3) is 0 Å². The zero-order valence-corrected chi connectivity index (χ0v) is 10.9. The largest absolute Gasteiger partial charge is 0.399 e. The Morgan fingerprint density at radius 3 is 2.15 bits per heavy atom. The number of anilines is 1. The SMILES string of the molecule is Nc1ccc(CCC(=O)Cc2cc(F)cc(F)c2)cc1. The molecule has 0 atom stereocenters. The zero-order valence-electron chi connectivity index (χ0n) is 10.9. The third kappa shape index (κ3) is 4.16. The molecule has 0 unspecified atom stereocenters. The van der Waals surface area contributed by atoms with Gasteiger partial charge in [0.2, 0.25) is 0 Å². The van der Waals surface area contributed by atoms with Gasteiger partial charge < -0.3 is 5.73 Å². The third-order valence-corrected chi connectivity index (χ3v) is 3.00. The topological polar surface area (TPSA) is 43.1 Å². The highest BCUT2D eigenvalue weighted by atomic mass is 19.1. The fourth-order valence-corrected chi connectivity index (χ4v) is 2.00. The number of aryl methyl sites for hydroxylation is 1. The molecule has 0 saturated heterocycles. The number of nitrogen functional groups attached to an aromatic ring is 1. The van der Waals surface area contributed by atoms with Gasteiger partial charge in [0.1, 0.15) is 17.4 Å². The van der Waals surface area contributed by atoms with E-state index in [9.17, 15) is 13.6 Å². The lowest BCUT2D eigenvalue weighted by Gasteiger charge is -2.03. The standard InChI is InChI=1S/C16H15F2NO/c17-13-7-12(8-14(18)10-13)9-16(20)6-3-11-1-4-15(19)5-2-11/h1-2,4-5,7-8,10H,3,6,9,19H2. The molecule has 0 aliphatic heterocycles. The molecule has 0 spiro atoms. The van der Waals surface area contributed by atoms with Crippen molar-refractivity contribution in [2.45, 2.75) is 19.3 Å². The van der Waals surface area contributed by atoms with Crippen LogP contribution in [-0.2, 0) is 17.6 Å². The van der Waals surface area contributed by atoms with E-state index in [1.807, 2.05) is 12.1 Å². The van der Waals surface area contributed by atoms with Gasteiger partial charge in [0.05, 0.1) is 0 Å².